The summed E-state index contributed by atoms with van der Waals surface area (Å²) in [6.07, 6.45) is 0.639. The predicted octanol–water partition coefficient (Wildman–Crippen LogP) is 3.73. The molecule has 0 fully saturated rings. The molecule has 0 aliphatic carbocycles. The first-order chi connectivity index (χ1) is 12.5. The van der Waals surface area contributed by atoms with Crippen molar-refractivity contribution in [3.8, 4) is 23.0 Å². The quantitative estimate of drug-likeness (QED) is 0.543. The summed E-state index contributed by atoms with van der Waals surface area (Å²) in [5.74, 6) is 1.62. The molecule has 0 aliphatic heterocycles. The SMILES string of the molecule is CCCC(Oc1ccccc1N)C(=O)c1cc(OC)c(OC)cc1OC. The van der Waals surface area contributed by atoms with Gasteiger partial charge in [-0.2, -0.15) is 0 Å². The van der Waals surface area contributed by atoms with Crippen LogP contribution in [-0.4, -0.2) is 33.2 Å². The van der Waals surface area contributed by atoms with E-state index in [-0.39, 0.29) is 5.78 Å². The third-order valence-electron chi connectivity index (χ3n) is 4.00. The Hall–Kier alpha value is -2.89. The van der Waals surface area contributed by atoms with Gasteiger partial charge in [0.2, 0.25) is 5.78 Å². The lowest BCUT2D eigenvalue weighted by molar-refractivity contribution is 0.0775. The maximum Gasteiger partial charge on any atom is 0.207 e. The number of Topliss-reactive ketones (excluding diaryl/α,β-unsaturated/α-hetero) is 1. The molecule has 2 rings (SSSR count). The number of nitrogens with two attached hydrogens (primary N) is 1. The van der Waals surface area contributed by atoms with Crippen molar-refractivity contribution >= 4 is 11.5 Å². The predicted molar refractivity (Wildman–Crippen MR) is 101 cm³/mol. The van der Waals surface area contributed by atoms with Gasteiger partial charge in [-0.1, -0.05) is 25.5 Å². The van der Waals surface area contributed by atoms with E-state index in [0.717, 1.165) is 6.42 Å². The lowest BCUT2D eigenvalue weighted by atomic mass is 10.0. The van der Waals surface area contributed by atoms with Crippen LogP contribution in [0.2, 0.25) is 0 Å². The highest BCUT2D eigenvalue weighted by Gasteiger charge is 2.26. The van der Waals surface area contributed by atoms with Gasteiger partial charge in [0.15, 0.2) is 17.6 Å². The molecule has 2 aromatic rings. The zero-order valence-corrected chi connectivity index (χ0v) is 15.6. The van der Waals surface area contributed by atoms with E-state index < -0.39 is 6.10 Å². The molecule has 0 bridgehead atoms. The van der Waals surface area contributed by atoms with Crippen molar-refractivity contribution in [1.82, 2.24) is 0 Å². The van der Waals surface area contributed by atoms with Crippen LogP contribution in [-0.2, 0) is 0 Å². The summed E-state index contributed by atoms with van der Waals surface area (Å²) in [4.78, 5) is 13.2. The van der Waals surface area contributed by atoms with Gasteiger partial charge in [-0.25, -0.2) is 0 Å². The molecule has 0 radical (unpaired) electrons. The van der Waals surface area contributed by atoms with Crippen molar-refractivity contribution in [2.75, 3.05) is 27.1 Å². The largest absolute Gasteiger partial charge is 0.496 e. The van der Waals surface area contributed by atoms with Crippen LogP contribution in [0.4, 0.5) is 5.69 Å². The number of anilines is 1. The minimum absolute atomic E-state index is 0.201. The number of hydrogen-bond donors (Lipinski definition) is 1. The highest BCUT2D eigenvalue weighted by atomic mass is 16.5. The first kappa shape index (κ1) is 19.4. The highest BCUT2D eigenvalue weighted by molar-refractivity contribution is 6.02. The Balaban J connectivity index is 2.40. The van der Waals surface area contributed by atoms with Crippen molar-refractivity contribution in [2.24, 2.45) is 0 Å². The Kier molecular flexibility index (Phi) is 6.72. The number of hydrogen-bond acceptors (Lipinski definition) is 6. The van der Waals surface area contributed by atoms with Crippen LogP contribution >= 0.6 is 0 Å². The second-order valence-electron chi connectivity index (χ2n) is 5.70. The molecule has 6 nitrogen and oxygen atoms in total. The molecule has 2 aromatic carbocycles. The third-order valence-corrected chi connectivity index (χ3v) is 4.00. The molecule has 0 aromatic heterocycles. The fourth-order valence-corrected chi connectivity index (χ4v) is 2.64. The van der Waals surface area contributed by atoms with Gasteiger partial charge in [-0.3, -0.25) is 4.79 Å². The average molecular weight is 359 g/mol. The number of methoxy groups -OCH3 is 3. The summed E-state index contributed by atoms with van der Waals surface area (Å²) < 4.78 is 21.9. The normalized spacial score (nSPS) is 11.5. The van der Waals surface area contributed by atoms with Gasteiger partial charge < -0.3 is 24.7 Å². The van der Waals surface area contributed by atoms with Crippen molar-refractivity contribution < 1.29 is 23.7 Å². The Morgan fingerprint density at radius 3 is 2.15 bits per heavy atom. The lowest BCUT2D eigenvalue weighted by Crippen LogP contribution is -2.28. The molecule has 0 heterocycles. The number of ketones is 1. The van der Waals surface area contributed by atoms with Gasteiger partial charge in [0.05, 0.1) is 32.6 Å². The maximum atomic E-state index is 13.2. The number of carbonyl (C=O) groups is 1. The van der Waals surface area contributed by atoms with Crippen LogP contribution in [0.3, 0.4) is 0 Å². The summed E-state index contributed by atoms with van der Waals surface area (Å²) in [6.45, 7) is 1.99. The summed E-state index contributed by atoms with van der Waals surface area (Å²) >= 11 is 0. The number of para-hydroxylation sites is 2. The van der Waals surface area contributed by atoms with E-state index in [1.54, 1.807) is 24.3 Å². The molecular weight excluding hydrogens is 334 g/mol. The van der Waals surface area contributed by atoms with Crippen LogP contribution in [0.5, 0.6) is 23.0 Å². The van der Waals surface area contributed by atoms with Crippen molar-refractivity contribution in [3.63, 3.8) is 0 Å². The van der Waals surface area contributed by atoms with Gasteiger partial charge in [-0.15, -0.1) is 0 Å². The van der Waals surface area contributed by atoms with E-state index in [4.69, 9.17) is 24.7 Å². The van der Waals surface area contributed by atoms with Crippen molar-refractivity contribution in [1.29, 1.82) is 0 Å². The monoisotopic (exact) mass is 359 g/mol. The number of nitrogen functional groups attached to an aromatic ring is 1. The van der Waals surface area contributed by atoms with Crippen LogP contribution in [0.25, 0.3) is 0 Å². The zero-order valence-electron chi connectivity index (χ0n) is 15.6. The minimum Gasteiger partial charge on any atom is -0.496 e. The van der Waals surface area contributed by atoms with E-state index >= 15 is 0 Å². The van der Waals surface area contributed by atoms with Gasteiger partial charge in [-0.05, 0) is 24.6 Å². The molecule has 2 N–H and O–H groups in total. The molecule has 6 heteroatoms. The van der Waals surface area contributed by atoms with E-state index in [0.29, 0.717) is 40.7 Å². The number of ether oxygens (including phenoxy) is 4. The Labute approximate surface area is 153 Å². The summed E-state index contributed by atoms with van der Waals surface area (Å²) in [5, 5.41) is 0. The van der Waals surface area contributed by atoms with Crippen molar-refractivity contribution in [3.05, 3.63) is 42.0 Å². The first-order valence-electron chi connectivity index (χ1n) is 8.41. The smallest absolute Gasteiger partial charge is 0.207 e. The topological polar surface area (TPSA) is 80.0 Å². The van der Waals surface area contributed by atoms with E-state index in [1.165, 1.54) is 21.3 Å². The van der Waals surface area contributed by atoms with Crippen molar-refractivity contribution in [2.45, 2.75) is 25.9 Å². The van der Waals surface area contributed by atoms with Crippen LogP contribution in [0, 0.1) is 0 Å². The Morgan fingerprint density at radius 1 is 0.962 bits per heavy atom. The van der Waals surface area contributed by atoms with Crippen LogP contribution in [0.15, 0.2) is 36.4 Å². The van der Waals surface area contributed by atoms with Gasteiger partial charge in [0.25, 0.3) is 0 Å². The molecule has 0 saturated heterocycles. The second-order valence-corrected chi connectivity index (χ2v) is 5.70. The minimum atomic E-state index is -0.684. The molecule has 26 heavy (non-hydrogen) atoms. The Morgan fingerprint density at radius 2 is 1.58 bits per heavy atom. The van der Waals surface area contributed by atoms with Crippen LogP contribution in [0.1, 0.15) is 30.1 Å². The molecule has 140 valence electrons. The number of benzene rings is 2. The lowest BCUT2D eigenvalue weighted by Gasteiger charge is -2.20. The zero-order chi connectivity index (χ0) is 19.1. The highest BCUT2D eigenvalue weighted by Crippen LogP contribution is 2.36. The van der Waals surface area contributed by atoms with Gasteiger partial charge in [0.1, 0.15) is 11.5 Å². The molecule has 1 unspecified atom stereocenters. The standard InChI is InChI=1S/C20H25NO5/c1-5-8-16(26-15-10-7-6-9-14(15)21)20(22)13-11-18(24-3)19(25-4)12-17(13)23-2/h6-7,9-12,16H,5,8,21H2,1-4H3. The molecule has 0 aliphatic rings. The van der Waals surface area contributed by atoms with E-state index in [1.807, 2.05) is 19.1 Å². The first-order valence-corrected chi connectivity index (χ1v) is 8.41. The molecule has 0 amide bonds. The fraction of sp³-hybridized carbons (Fsp3) is 0.350. The maximum absolute atomic E-state index is 13.2. The summed E-state index contributed by atoms with van der Waals surface area (Å²) in [7, 11) is 4.55. The number of rotatable bonds is 9. The van der Waals surface area contributed by atoms with Crippen LogP contribution < -0.4 is 24.7 Å². The Bertz CT molecular complexity index is 760. The molecule has 0 saturated carbocycles. The second kappa shape index (κ2) is 8.99. The summed E-state index contributed by atoms with van der Waals surface area (Å²) in [5.41, 5.74) is 6.81. The van der Waals surface area contributed by atoms with Gasteiger partial charge in [0, 0.05) is 6.07 Å². The average Bonchev–Trinajstić information content (AvgIpc) is 2.67. The van der Waals surface area contributed by atoms with E-state index in [9.17, 15) is 4.79 Å². The number of carbonyl (C=O) groups excluding carboxylic acids is 1. The molecular formula is C20H25NO5. The van der Waals surface area contributed by atoms with Gasteiger partial charge >= 0.3 is 0 Å². The third kappa shape index (κ3) is 4.20. The fourth-order valence-electron chi connectivity index (χ4n) is 2.64. The van der Waals surface area contributed by atoms with E-state index in [2.05, 4.69) is 0 Å². The molecule has 1 atom stereocenters. The summed E-state index contributed by atoms with van der Waals surface area (Å²) in [6, 6.07) is 10.4. The molecule has 0 spiro atoms.